The van der Waals surface area contributed by atoms with Gasteiger partial charge >= 0.3 is 0 Å². The summed E-state index contributed by atoms with van der Waals surface area (Å²) in [5.41, 5.74) is 6.22. The van der Waals surface area contributed by atoms with Crippen molar-refractivity contribution in [2.24, 2.45) is 5.73 Å². The first-order chi connectivity index (χ1) is 9.95. The number of hydrogen-bond acceptors (Lipinski definition) is 3. The first-order valence-electron chi connectivity index (χ1n) is 6.59. The topological polar surface area (TPSA) is 101 Å². The number of nitrogens with two attached hydrogens (primary N) is 1. The molecule has 1 fully saturated rings. The summed E-state index contributed by atoms with van der Waals surface area (Å²) in [5, 5.41) is 5.16. The van der Waals surface area contributed by atoms with Crippen LogP contribution in [-0.2, 0) is 20.8 Å². The van der Waals surface area contributed by atoms with Gasteiger partial charge in [0.1, 0.15) is 12.1 Å². The first-order valence-corrected chi connectivity index (χ1v) is 7.38. The summed E-state index contributed by atoms with van der Waals surface area (Å²) in [4.78, 5) is 34.7. The monoisotopic (exact) mass is 353 g/mol. The second-order valence-electron chi connectivity index (χ2n) is 4.96. The predicted molar refractivity (Wildman–Crippen MR) is 80.1 cm³/mol. The number of amides is 3. The highest BCUT2D eigenvalue weighted by molar-refractivity contribution is 9.10. The van der Waals surface area contributed by atoms with E-state index in [0.717, 1.165) is 10.0 Å². The Morgan fingerprint density at radius 3 is 2.81 bits per heavy atom. The van der Waals surface area contributed by atoms with E-state index < -0.39 is 18.0 Å². The van der Waals surface area contributed by atoms with E-state index in [1.807, 2.05) is 24.3 Å². The highest BCUT2D eigenvalue weighted by Gasteiger charge is 2.29. The molecular weight excluding hydrogens is 338 g/mol. The molecule has 0 aliphatic carbocycles. The van der Waals surface area contributed by atoms with Gasteiger partial charge in [-0.05, 0) is 24.1 Å². The minimum Gasteiger partial charge on any atom is -0.368 e. The number of carbonyl (C=O) groups is 3. The van der Waals surface area contributed by atoms with Crippen molar-refractivity contribution in [3.05, 3.63) is 34.3 Å². The van der Waals surface area contributed by atoms with Crippen LogP contribution in [0.3, 0.4) is 0 Å². The van der Waals surface area contributed by atoms with Crippen LogP contribution in [0.5, 0.6) is 0 Å². The van der Waals surface area contributed by atoms with E-state index in [9.17, 15) is 14.4 Å². The van der Waals surface area contributed by atoms with Gasteiger partial charge in [0.15, 0.2) is 0 Å². The van der Waals surface area contributed by atoms with Crippen molar-refractivity contribution in [3.8, 4) is 0 Å². The van der Waals surface area contributed by atoms with Crippen molar-refractivity contribution in [2.45, 2.75) is 31.3 Å². The van der Waals surface area contributed by atoms with E-state index in [1.54, 1.807) is 0 Å². The fourth-order valence-corrected chi connectivity index (χ4v) is 2.65. The summed E-state index contributed by atoms with van der Waals surface area (Å²) >= 11 is 3.35. The molecule has 0 bridgehead atoms. The van der Waals surface area contributed by atoms with E-state index in [0.29, 0.717) is 19.3 Å². The van der Waals surface area contributed by atoms with Gasteiger partial charge in [0.2, 0.25) is 17.7 Å². The second-order valence-corrected chi connectivity index (χ2v) is 5.87. The minimum absolute atomic E-state index is 0.155. The number of nitrogens with one attached hydrogen (secondary N) is 2. The zero-order valence-corrected chi connectivity index (χ0v) is 12.9. The van der Waals surface area contributed by atoms with Crippen LogP contribution >= 0.6 is 15.9 Å². The Morgan fingerprint density at radius 2 is 2.24 bits per heavy atom. The Hall–Kier alpha value is -1.89. The third-order valence-corrected chi connectivity index (χ3v) is 3.79. The molecule has 4 N–H and O–H groups in total. The number of carbonyl (C=O) groups excluding carboxylic acids is 3. The summed E-state index contributed by atoms with van der Waals surface area (Å²) in [6.45, 7) is 0. The molecule has 21 heavy (non-hydrogen) atoms. The molecule has 6 nitrogen and oxygen atoms in total. The normalized spacial score (nSPS) is 18.9. The Morgan fingerprint density at radius 1 is 1.48 bits per heavy atom. The average Bonchev–Trinajstić information content (AvgIpc) is 2.84. The summed E-state index contributed by atoms with van der Waals surface area (Å²) in [6.07, 6.45) is 1.07. The van der Waals surface area contributed by atoms with Crippen molar-refractivity contribution in [3.63, 3.8) is 0 Å². The van der Waals surface area contributed by atoms with Crippen LogP contribution < -0.4 is 16.4 Å². The number of primary amides is 1. The van der Waals surface area contributed by atoms with Crippen LogP contribution in [0.25, 0.3) is 0 Å². The highest BCUT2D eigenvalue weighted by Crippen LogP contribution is 2.13. The molecule has 7 heteroatoms. The third-order valence-electron chi connectivity index (χ3n) is 3.30. The van der Waals surface area contributed by atoms with E-state index in [1.165, 1.54) is 0 Å². The first kappa shape index (κ1) is 15.5. The van der Waals surface area contributed by atoms with Gasteiger partial charge in [-0.1, -0.05) is 28.1 Å². The van der Waals surface area contributed by atoms with Crippen LogP contribution in [0, 0.1) is 0 Å². The minimum atomic E-state index is -0.802. The van der Waals surface area contributed by atoms with Crippen molar-refractivity contribution >= 4 is 33.7 Å². The number of rotatable bonds is 5. The maximum Gasteiger partial charge on any atom is 0.243 e. The molecular formula is C14H16BrN3O3. The lowest BCUT2D eigenvalue weighted by atomic mass is 10.0. The molecule has 2 atom stereocenters. The molecule has 1 aromatic carbocycles. The van der Waals surface area contributed by atoms with Crippen LogP contribution in [0.2, 0.25) is 0 Å². The summed E-state index contributed by atoms with van der Waals surface area (Å²) < 4.78 is 0.887. The van der Waals surface area contributed by atoms with E-state index in [2.05, 4.69) is 26.6 Å². The predicted octanol–water partition coefficient (Wildman–Crippen LogP) is 0.240. The molecule has 2 rings (SSSR count). The SMILES string of the molecule is NC(=O)[C@H](Cc1cccc(Br)c1)NC(=O)[C@@H]1CCC(=O)N1. The Labute approximate surface area is 130 Å². The summed E-state index contributed by atoms with van der Waals surface area (Å²) in [6, 6.07) is 6.04. The molecule has 1 aromatic rings. The summed E-state index contributed by atoms with van der Waals surface area (Å²) in [5.74, 6) is -1.13. The maximum absolute atomic E-state index is 12.0. The van der Waals surface area contributed by atoms with Crippen molar-refractivity contribution in [1.82, 2.24) is 10.6 Å². The molecule has 0 spiro atoms. The zero-order valence-electron chi connectivity index (χ0n) is 11.3. The Bertz CT molecular complexity index is 576. The van der Waals surface area contributed by atoms with E-state index >= 15 is 0 Å². The molecule has 0 radical (unpaired) electrons. The van der Waals surface area contributed by atoms with Gasteiger partial charge in [0.05, 0.1) is 0 Å². The van der Waals surface area contributed by atoms with Crippen molar-refractivity contribution in [1.29, 1.82) is 0 Å². The molecule has 0 saturated carbocycles. The molecule has 1 saturated heterocycles. The van der Waals surface area contributed by atoms with Gasteiger partial charge in [0.25, 0.3) is 0 Å². The molecule has 1 aliphatic heterocycles. The molecule has 1 aliphatic rings. The lowest BCUT2D eigenvalue weighted by Gasteiger charge is -2.18. The van der Waals surface area contributed by atoms with Gasteiger partial charge < -0.3 is 16.4 Å². The van der Waals surface area contributed by atoms with Crippen LogP contribution in [0.15, 0.2) is 28.7 Å². The second kappa shape index (κ2) is 6.71. The van der Waals surface area contributed by atoms with Gasteiger partial charge in [-0.2, -0.15) is 0 Å². The van der Waals surface area contributed by atoms with Crippen LogP contribution in [0.1, 0.15) is 18.4 Å². The molecule has 1 heterocycles. The summed E-state index contributed by atoms with van der Waals surface area (Å²) in [7, 11) is 0. The fourth-order valence-electron chi connectivity index (χ4n) is 2.21. The quantitative estimate of drug-likeness (QED) is 0.706. The maximum atomic E-state index is 12.0. The lowest BCUT2D eigenvalue weighted by molar-refractivity contribution is -0.129. The Balaban J connectivity index is 2.00. The Kier molecular flexibility index (Phi) is 4.95. The molecule has 0 unspecified atom stereocenters. The van der Waals surface area contributed by atoms with Gasteiger partial charge in [-0.3, -0.25) is 14.4 Å². The highest BCUT2D eigenvalue weighted by atomic mass is 79.9. The molecule has 3 amide bonds. The fraction of sp³-hybridized carbons (Fsp3) is 0.357. The van der Waals surface area contributed by atoms with Gasteiger partial charge in [-0.25, -0.2) is 0 Å². The smallest absolute Gasteiger partial charge is 0.243 e. The van der Waals surface area contributed by atoms with Gasteiger partial charge in [-0.15, -0.1) is 0 Å². The van der Waals surface area contributed by atoms with E-state index in [-0.39, 0.29) is 11.8 Å². The number of hydrogen-bond donors (Lipinski definition) is 3. The van der Waals surface area contributed by atoms with Gasteiger partial charge in [0, 0.05) is 17.3 Å². The van der Waals surface area contributed by atoms with Crippen LogP contribution in [0.4, 0.5) is 0 Å². The standard InChI is InChI=1S/C14H16BrN3O3/c15-9-3-1-2-8(6-9)7-11(13(16)20)18-14(21)10-4-5-12(19)17-10/h1-3,6,10-11H,4-5,7H2,(H2,16,20)(H,17,19)(H,18,21)/t10-,11-/m0/s1. The number of halogens is 1. The van der Waals surface area contributed by atoms with Crippen molar-refractivity contribution < 1.29 is 14.4 Å². The largest absolute Gasteiger partial charge is 0.368 e. The zero-order chi connectivity index (χ0) is 15.4. The lowest BCUT2D eigenvalue weighted by Crippen LogP contribution is -2.51. The average molecular weight is 354 g/mol. The molecule has 112 valence electrons. The third kappa shape index (κ3) is 4.29. The van der Waals surface area contributed by atoms with E-state index in [4.69, 9.17) is 5.73 Å². The number of benzene rings is 1. The van der Waals surface area contributed by atoms with Crippen LogP contribution in [-0.4, -0.2) is 29.8 Å². The molecule has 0 aromatic heterocycles. The van der Waals surface area contributed by atoms with Crippen molar-refractivity contribution in [2.75, 3.05) is 0 Å².